The number of fused-ring (bicyclic) bond motifs is 1. The first-order valence-corrected chi connectivity index (χ1v) is 15.2. The van der Waals surface area contributed by atoms with Crippen molar-refractivity contribution in [2.45, 2.75) is 58.2 Å². The molecule has 1 aliphatic heterocycles. The molecule has 9 nitrogen and oxygen atoms in total. The van der Waals surface area contributed by atoms with E-state index >= 15 is 0 Å². The summed E-state index contributed by atoms with van der Waals surface area (Å²) in [6.07, 6.45) is 12.1. The summed E-state index contributed by atoms with van der Waals surface area (Å²) >= 11 is 0. The Labute approximate surface area is 259 Å². The maximum atomic E-state index is 13.8. The van der Waals surface area contributed by atoms with E-state index in [0.29, 0.717) is 49.5 Å². The third kappa shape index (κ3) is 6.16. The molecular weight excluding hydrogens is 583 g/mol. The molecule has 1 saturated carbocycles. The Balaban J connectivity index is 1.17. The zero-order valence-electron chi connectivity index (χ0n) is 25.1. The molecule has 0 N–H and O–H groups in total. The van der Waals surface area contributed by atoms with E-state index in [4.69, 9.17) is 6.42 Å². The number of aromatic nitrogens is 5. The van der Waals surface area contributed by atoms with E-state index in [1.807, 2.05) is 28.9 Å². The maximum absolute atomic E-state index is 13.8. The summed E-state index contributed by atoms with van der Waals surface area (Å²) in [4.78, 5) is 39.0. The van der Waals surface area contributed by atoms with Crippen molar-refractivity contribution in [2.75, 3.05) is 26.2 Å². The smallest absolute Gasteiger partial charge is 0.339 e. The van der Waals surface area contributed by atoms with Crippen molar-refractivity contribution in [2.24, 2.45) is 5.92 Å². The van der Waals surface area contributed by atoms with Gasteiger partial charge >= 0.3 is 6.18 Å². The van der Waals surface area contributed by atoms with E-state index in [1.54, 1.807) is 16.7 Å². The molecule has 4 aromatic rings. The number of nitrogens with zero attached hydrogens (tertiary/aromatic N) is 7. The van der Waals surface area contributed by atoms with Crippen molar-refractivity contribution in [3.05, 3.63) is 71.1 Å². The molecule has 6 rings (SSSR count). The average Bonchev–Trinajstić information content (AvgIpc) is 3.66. The van der Waals surface area contributed by atoms with Crippen LogP contribution >= 0.6 is 0 Å². The molecular formula is C33H34F3N7O2. The number of terminal acetylenes is 1. The summed E-state index contributed by atoms with van der Waals surface area (Å²) in [6, 6.07) is 5.60. The third-order valence-corrected chi connectivity index (χ3v) is 8.79. The summed E-state index contributed by atoms with van der Waals surface area (Å²) in [5, 5.41) is 3.66. The second kappa shape index (κ2) is 12.4. The molecule has 2 amide bonds. The summed E-state index contributed by atoms with van der Waals surface area (Å²) in [6.45, 7) is 3.90. The average molecular weight is 618 g/mol. The van der Waals surface area contributed by atoms with E-state index in [0.717, 1.165) is 41.5 Å². The van der Waals surface area contributed by atoms with Crippen LogP contribution in [0.1, 0.15) is 65.0 Å². The van der Waals surface area contributed by atoms with Gasteiger partial charge in [-0.1, -0.05) is 37.3 Å². The molecule has 0 radical (unpaired) electrons. The van der Waals surface area contributed by atoms with Gasteiger partial charge in [0.15, 0.2) is 11.3 Å². The number of hydrogen-bond acceptors (Lipinski definition) is 5. The monoisotopic (exact) mass is 617 g/mol. The molecule has 4 heterocycles. The van der Waals surface area contributed by atoms with Crippen LogP contribution in [0.3, 0.4) is 0 Å². The molecule has 3 aromatic heterocycles. The number of hydrogen-bond donors (Lipinski definition) is 0. The van der Waals surface area contributed by atoms with Crippen LogP contribution in [0, 0.1) is 25.2 Å². The number of imidazole rings is 1. The quantitative estimate of drug-likeness (QED) is 0.284. The Morgan fingerprint density at radius 2 is 1.78 bits per heavy atom. The molecule has 12 heteroatoms. The first-order chi connectivity index (χ1) is 21.6. The standard InChI is InChI=1S/C33H34F3N7O2/c1-3-12-42-21-26(29(39-42)33(34,35)36)28-20-38-30-27(37-11-13-43(28)30)19-23-9-10-25(22(2)18-23)32(45)41-16-14-40(15-17-41)31(44)24-7-5-4-6-8-24/h1,9-11,13,18,20-21,24H,4-8,12,14-17,19H2,2H3. The molecule has 0 atom stereocenters. The van der Waals surface area contributed by atoms with Crippen molar-refractivity contribution >= 4 is 17.5 Å². The highest BCUT2D eigenvalue weighted by atomic mass is 19.4. The number of amides is 2. The highest BCUT2D eigenvalue weighted by Crippen LogP contribution is 2.36. The second-order valence-electron chi connectivity index (χ2n) is 11.8. The first kappa shape index (κ1) is 30.4. The minimum absolute atomic E-state index is 0.0622. The SMILES string of the molecule is C#CCn1cc(-c2cnc3c(Cc4ccc(C(=O)N5CCN(C(=O)C6CCCCC6)CC5)c(C)c4)nccn23)c(C(F)(F)F)n1. The minimum Gasteiger partial charge on any atom is -0.339 e. The fourth-order valence-electron chi connectivity index (χ4n) is 6.47. The van der Waals surface area contributed by atoms with Gasteiger partial charge in [0.2, 0.25) is 5.91 Å². The zero-order chi connectivity index (χ0) is 31.7. The van der Waals surface area contributed by atoms with Gasteiger partial charge in [0.05, 0.1) is 23.1 Å². The van der Waals surface area contributed by atoms with Gasteiger partial charge in [0, 0.05) is 62.7 Å². The van der Waals surface area contributed by atoms with Crippen molar-refractivity contribution in [1.29, 1.82) is 0 Å². The number of alkyl halides is 3. The molecule has 0 unspecified atom stereocenters. The second-order valence-corrected chi connectivity index (χ2v) is 11.8. The topological polar surface area (TPSA) is 88.6 Å². The van der Waals surface area contributed by atoms with E-state index in [2.05, 4.69) is 21.0 Å². The van der Waals surface area contributed by atoms with Gasteiger partial charge in [-0.05, 0) is 37.0 Å². The molecule has 1 aliphatic carbocycles. The molecule has 2 aliphatic rings. The number of halogens is 3. The van der Waals surface area contributed by atoms with Crippen LogP contribution in [0.4, 0.5) is 13.2 Å². The van der Waals surface area contributed by atoms with Gasteiger partial charge < -0.3 is 9.80 Å². The van der Waals surface area contributed by atoms with Crippen molar-refractivity contribution in [1.82, 2.24) is 33.9 Å². The lowest BCUT2D eigenvalue weighted by atomic mass is 9.88. The molecule has 1 saturated heterocycles. The molecule has 234 valence electrons. The lowest BCUT2D eigenvalue weighted by Gasteiger charge is -2.37. The largest absolute Gasteiger partial charge is 0.435 e. The Morgan fingerprint density at radius 3 is 2.47 bits per heavy atom. The Hall–Kier alpha value is -4.66. The highest BCUT2D eigenvalue weighted by molar-refractivity contribution is 5.96. The lowest BCUT2D eigenvalue weighted by Crippen LogP contribution is -2.52. The van der Waals surface area contributed by atoms with E-state index in [-0.39, 0.29) is 35.5 Å². The van der Waals surface area contributed by atoms with Gasteiger partial charge in [0.1, 0.15) is 6.54 Å². The number of piperazine rings is 1. The minimum atomic E-state index is -4.67. The summed E-state index contributed by atoms with van der Waals surface area (Å²) in [5.41, 5.74) is 2.35. The molecule has 2 fully saturated rings. The van der Waals surface area contributed by atoms with Crippen molar-refractivity contribution in [3.8, 4) is 23.6 Å². The third-order valence-electron chi connectivity index (χ3n) is 8.79. The summed E-state index contributed by atoms with van der Waals surface area (Å²) in [7, 11) is 0. The van der Waals surface area contributed by atoms with Crippen molar-refractivity contribution < 1.29 is 22.8 Å². The van der Waals surface area contributed by atoms with Gasteiger partial charge in [-0.25, -0.2) is 4.98 Å². The molecule has 45 heavy (non-hydrogen) atoms. The summed E-state index contributed by atoms with van der Waals surface area (Å²) in [5.74, 6) is 2.60. The zero-order valence-corrected chi connectivity index (χ0v) is 25.1. The Morgan fingerprint density at radius 1 is 1.04 bits per heavy atom. The fraction of sp³-hybridized carbons (Fsp3) is 0.424. The first-order valence-electron chi connectivity index (χ1n) is 15.2. The summed E-state index contributed by atoms with van der Waals surface area (Å²) < 4.78 is 44.1. The number of aryl methyl sites for hydroxylation is 1. The number of rotatable bonds is 6. The maximum Gasteiger partial charge on any atom is 0.435 e. The van der Waals surface area contributed by atoms with Crippen LogP contribution in [0.2, 0.25) is 0 Å². The van der Waals surface area contributed by atoms with E-state index in [9.17, 15) is 22.8 Å². The van der Waals surface area contributed by atoms with Crippen LogP contribution in [-0.4, -0.2) is 71.9 Å². The number of benzene rings is 1. The predicted molar refractivity (Wildman–Crippen MR) is 161 cm³/mol. The number of carbonyl (C=O) groups is 2. The molecule has 1 aromatic carbocycles. The molecule has 0 bridgehead atoms. The van der Waals surface area contributed by atoms with Crippen LogP contribution in [-0.2, 0) is 23.9 Å². The predicted octanol–water partition coefficient (Wildman–Crippen LogP) is 5.01. The molecule has 0 spiro atoms. The van der Waals surface area contributed by atoms with Gasteiger partial charge in [-0.15, -0.1) is 6.42 Å². The van der Waals surface area contributed by atoms with Gasteiger partial charge in [-0.3, -0.25) is 23.7 Å². The van der Waals surface area contributed by atoms with Crippen LogP contribution in [0.25, 0.3) is 16.9 Å². The van der Waals surface area contributed by atoms with Gasteiger partial charge in [0.25, 0.3) is 5.91 Å². The normalized spacial score (nSPS) is 16.2. The van der Waals surface area contributed by atoms with Gasteiger partial charge in [-0.2, -0.15) is 18.3 Å². The highest BCUT2D eigenvalue weighted by Gasteiger charge is 2.38. The van der Waals surface area contributed by atoms with Crippen molar-refractivity contribution in [3.63, 3.8) is 0 Å². The van der Waals surface area contributed by atoms with Crippen LogP contribution in [0.15, 0.2) is 43.0 Å². The lowest BCUT2D eigenvalue weighted by molar-refractivity contribution is -0.141. The number of carbonyl (C=O) groups excluding carboxylic acids is 2. The van der Waals surface area contributed by atoms with E-state index in [1.165, 1.54) is 25.0 Å². The van der Waals surface area contributed by atoms with Crippen LogP contribution < -0.4 is 0 Å². The Kier molecular flexibility index (Phi) is 8.36. The van der Waals surface area contributed by atoms with E-state index < -0.39 is 11.9 Å². The fourth-order valence-corrected chi connectivity index (χ4v) is 6.47. The van der Waals surface area contributed by atoms with Crippen LogP contribution in [0.5, 0.6) is 0 Å². The Bertz CT molecular complexity index is 1770.